The Balaban J connectivity index is 1.69. The van der Waals surface area contributed by atoms with Crippen molar-refractivity contribution in [3.63, 3.8) is 0 Å². The molecule has 0 aliphatic heterocycles. The number of halogens is 1. The van der Waals surface area contributed by atoms with Gasteiger partial charge in [0.15, 0.2) is 5.65 Å². The number of nitrogens with one attached hydrogen (secondary N) is 1. The van der Waals surface area contributed by atoms with Crippen molar-refractivity contribution in [2.75, 3.05) is 19.5 Å². The summed E-state index contributed by atoms with van der Waals surface area (Å²) in [4.78, 5) is 4.30. The van der Waals surface area contributed by atoms with Gasteiger partial charge >= 0.3 is 0 Å². The van der Waals surface area contributed by atoms with Crippen LogP contribution in [0.4, 0.5) is 10.2 Å². The van der Waals surface area contributed by atoms with Crippen molar-refractivity contribution in [1.29, 1.82) is 0 Å². The summed E-state index contributed by atoms with van der Waals surface area (Å²) >= 11 is 0. The Morgan fingerprint density at radius 3 is 2.72 bits per heavy atom. The fraction of sp³-hybridized carbons (Fsp3) is 0.190. The lowest BCUT2D eigenvalue weighted by molar-refractivity contribution is 0.397. The molecule has 0 unspecified atom stereocenters. The quantitative estimate of drug-likeness (QED) is 0.536. The topological polar surface area (TPSA) is 73.6 Å². The summed E-state index contributed by atoms with van der Waals surface area (Å²) in [7, 11) is 3.11. The summed E-state index contributed by atoms with van der Waals surface area (Å²) in [5, 5.41) is 11.6. The van der Waals surface area contributed by atoms with Gasteiger partial charge in [-0.2, -0.15) is 0 Å². The highest BCUT2D eigenvalue weighted by atomic mass is 19.1. The van der Waals surface area contributed by atoms with E-state index >= 15 is 0 Å². The summed E-state index contributed by atoms with van der Waals surface area (Å²) in [5.41, 5.74) is 3.97. The van der Waals surface area contributed by atoms with Gasteiger partial charge in [0.2, 0.25) is 5.88 Å². The van der Waals surface area contributed by atoms with E-state index in [2.05, 4.69) is 20.5 Å². The third-order valence-corrected chi connectivity index (χ3v) is 4.78. The zero-order valence-electron chi connectivity index (χ0n) is 16.3. The first-order valence-electron chi connectivity index (χ1n) is 9.01. The molecule has 0 fully saturated rings. The molecule has 4 rings (SSSR count). The Kier molecular flexibility index (Phi) is 4.99. The number of hydrogen-bond acceptors (Lipinski definition) is 6. The number of pyridine rings is 2. The number of fused-ring (bicyclic) bond motifs is 1. The van der Waals surface area contributed by atoms with Gasteiger partial charge in [-0.25, -0.2) is 9.37 Å². The van der Waals surface area contributed by atoms with Crippen LogP contribution in [0.25, 0.3) is 16.8 Å². The third-order valence-electron chi connectivity index (χ3n) is 4.78. The lowest BCUT2D eigenvalue weighted by atomic mass is 10.0. The van der Waals surface area contributed by atoms with Gasteiger partial charge in [0.05, 0.1) is 14.2 Å². The van der Waals surface area contributed by atoms with Gasteiger partial charge in [-0.3, -0.25) is 4.40 Å². The monoisotopic (exact) mass is 393 g/mol. The van der Waals surface area contributed by atoms with E-state index in [0.29, 0.717) is 22.8 Å². The highest BCUT2D eigenvalue weighted by molar-refractivity contribution is 5.80. The second kappa shape index (κ2) is 7.75. The number of hydrogen-bond donors (Lipinski definition) is 1. The van der Waals surface area contributed by atoms with Crippen molar-refractivity contribution < 1.29 is 13.9 Å². The van der Waals surface area contributed by atoms with Gasteiger partial charge in [0.25, 0.3) is 0 Å². The van der Waals surface area contributed by atoms with Crippen LogP contribution in [0.1, 0.15) is 11.1 Å². The molecule has 3 heterocycles. The standard InChI is InChI=1S/C21H20FN5O2/c1-13-9-20(29-3)24-10-15(13)14-7-8-19(27-12-25-26-21(14)27)23-11-16-17(22)5-4-6-18(16)28-2/h4-10,12,23H,11H2,1-3H3. The van der Waals surface area contributed by atoms with Crippen LogP contribution in [0.5, 0.6) is 11.6 Å². The highest BCUT2D eigenvalue weighted by Gasteiger charge is 2.14. The largest absolute Gasteiger partial charge is 0.496 e. The molecule has 0 spiro atoms. The Hall–Kier alpha value is -3.68. The maximum Gasteiger partial charge on any atom is 0.213 e. The molecule has 1 N–H and O–H groups in total. The SMILES string of the molecule is COc1cc(C)c(-c2ccc(NCc3c(F)cccc3OC)n3cnnc23)cn1. The molecule has 1 aromatic carbocycles. The third kappa shape index (κ3) is 3.44. The lowest BCUT2D eigenvalue weighted by Gasteiger charge is -2.14. The summed E-state index contributed by atoms with van der Waals surface area (Å²) in [6.07, 6.45) is 3.38. The van der Waals surface area contributed by atoms with Gasteiger partial charge in [-0.15, -0.1) is 10.2 Å². The minimum Gasteiger partial charge on any atom is -0.496 e. The zero-order valence-corrected chi connectivity index (χ0v) is 16.3. The number of anilines is 1. The fourth-order valence-electron chi connectivity index (χ4n) is 3.27. The molecule has 0 amide bonds. The number of aromatic nitrogens is 4. The van der Waals surface area contributed by atoms with E-state index in [9.17, 15) is 4.39 Å². The van der Waals surface area contributed by atoms with Crippen LogP contribution in [0.3, 0.4) is 0 Å². The van der Waals surface area contributed by atoms with Crippen molar-refractivity contribution in [3.8, 4) is 22.8 Å². The molecule has 7 nitrogen and oxygen atoms in total. The fourth-order valence-corrected chi connectivity index (χ4v) is 3.27. The van der Waals surface area contributed by atoms with Gasteiger partial charge < -0.3 is 14.8 Å². The molecule has 0 saturated heterocycles. The van der Waals surface area contributed by atoms with Crippen LogP contribution < -0.4 is 14.8 Å². The normalized spacial score (nSPS) is 10.9. The van der Waals surface area contributed by atoms with Crippen LogP contribution in [-0.4, -0.2) is 33.8 Å². The molecule has 0 radical (unpaired) electrons. The van der Waals surface area contributed by atoms with Gasteiger partial charge in [-0.05, 0) is 36.8 Å². The molecular weight excluding hydrogens is 373 g/mol. The van der Waals surface area contributed by atoms with Gasteiger partial charge in [0.1, 0.15) is 23.7 Å². The van der Waals surface area contributed by atoms with E-state index in [-0.39, 0.29) is 12.4 Å². The highest BCUT2D eigenvalue weighted by Crippen LogP contribution is 2.30. The van der Waals surface area contributed by atoms with Crippen LogP contribution in [0, 0.1) is 12.7 Å². The van der Waals surface area contributed by atoms with Gasteiger partial charge in [-0.1, -0.05) is 6.07 Å². The number of ether oxygens (including phenoxy) is 2. The average Bonchev–Trinajstić information content (AvgIpc) is 3.23. The van der Waals surface area contributed by atoms with Crippen LogP contribution in [0.2, 0.25) is 0 Å². The van der Waals surface area contributed by atoms with Crippen molar-refractivity contribution in [2.24, 2.45) is 0 Å². The van der Waals surface area contributed by atoms with Crippen molar-refractivity contribution in [1.82, 2.24) is 19.6 Å². The van der Waals surface area contributed by atoms with Crippen molar-refractivity contribution in [3.05, 3.63) is 65.9 Å². The summed E-state index contributed by atoms with van der Waals surface area (Å²) in [6.45, 7) is 2.24. The van der Waals surface area contributed by atoms with Crippen molar-refractivity contribution in [2.45, 2.75) is 13.5 Å². The van der Waals surface area contributed by atoms with E-state index in [4.69, 9.17) is 9.47 Å². The molecule has 148 valence electrons. The maximum atomic E-state index is 14.2. The number of methoxy groups -OCH3 is 2. The summed E-state index contributed by atoms with van der Waals surface area (Å²) in [6, 6.07) is 10.5. The Morgan fingerprint density at radius 2 is 1.97 bits per heavy atom. The molecule has 0 atom stereocenters. The van der Waals surface area contributed by atoms with E-state index in [1.165, 1.54) is 13.2 Å². The van der Waals surface area contributed by atoms with Crippen molar-refractivity contribution >= 4 is 11.5 Å². The van der Waals surface area contributed by atoms with Crippen LogP contribution in [0.15, 0.2) is 48.9 Å². The van der Waals surface area contributed by atoms with E-state index in [1.54, 1.807) is 31.8 Å². The number of rotatable bonds is 6. The first-order valence-corrected chi connectivity index (χ1v) is 9.01. The van der Waals surface area contributed by atoms with E-state index in [1.807, 2.05) is 29.5 Å². The molecule has 0 aliphatic rings. The Morgan fingerprint density at radius 1 is 1.10 bits per heavy atom. The van der Waals surface area contributed by atoms with Gasteiger partial charge in [0, 0.05) is 35.5 Å². The molecule has 29 heavy (non-hydrogen) atoms. The van der Waals surface area contributed by atoms with Crippen LogP contribution in [-0.2, 0) is 6.54 Å². The minimum absolute atomic E-state index is 0.256. The number of nitrogens with zero attached hydrogens (tertiary/aromatic N) is 4. The Bertz CT molecular complexity index is 1180. The van der Waals surface area contributed by atoms with E-state index < -0.39 is 0 Å². The second-order valence-corrected chi connectivity index (χ2v) is 6.47. The zero-order chi connectivity index (χ0) is 20.4. The predicted octanol–water partition coefficient (Wildman–Crippen LogP) is 3.87. The smallest absolute Gasteiger partial charge is 0.213 e. The second-order valence-electron chi connectivity index (χ2n) is 6.47. The first-order chi connectivity index (χ1) is 14.1. The lowest BCUT2D eigenvalue weighted by Crippen LogP contribution is -2.07. The molecule has 0 saturated carbocycles. The molecular formula is C21H20FN5O2. The summed E-state index contributed by atoms with van der Waals surface area (Å²) in [5.74, 6) is 1.46. The average molecular weight is 393 g/mol. The summed E-state index contributed by atoms with van der Waals surface area (Å²) < 4.78 is 26.5. The number of aryl methyl sites for hydroxylation is 1. The number of benzene rings is 1. The Labute approximate surface area is 167 Å². The predicted molar refractivity (Wildman–Crippen MR) is 108 cm³/mol. The van der Waals surface area contributed by atoms with E-state index in [0.717, 1.165) is 22.5 Å². The first kappa shape index (κ1) is 18.7. The minimum atomic E-state index is -0.326. The molecule has 0 bridgehead atoms. The maximum absolute atomic E-state index is 14.2. The van der Waals surface area contributed by atoms with Crippen LogP contribution >= 0.6 is 0 Å². The molecule has 0 aliphatic carbocycles. The molecule has 8 heteroatoms. The molecule has 3 aromatic heterocycles. The molecule has 4 aromatic rings.